The Hall–Kier alpha value is -1.16. The lowest BCUT2D eigenvalue weighted by molar-refractivity contribution is 0.459. The molecule has 0 saturated carbocycles. The molecule has 2 heterocycles. The van der Waals surface area contributed by atoms with E-state index in [0.29, 0.717) is 4.99 Å². The van der Waals surface area contributed by atoms with E-state index in [0.717, 1.165) is 30.3 Å². The predicted octanol–water partition coefficient (Wildman–Crippen LogP) is 2.73. The Labute approximate surface area is 114 Å². The van der Waals surface area contributed by atoms with Gasteiger partial charge in [0.2, 0.25) is 0 Å². The van der Waals surface area contributed by atoms with E-state index in [9.17, 15) is 0 Å². The molecule has 0 aliphatic carbocycles. The van der Waals surface area contributed by atoms with E-state index in [-0.39, 0.29) is 0 Å². The van der Waals surface area contributed by atoms with Crippen LogP contribution in [-0.4, -0.2) is 23.1 Å². The molecule has 3 nitrogen and oxygen atoms in total. The van der Waals surface area contributed by atoms with Crippen LogP contribution in [0.25, 0.3) is 0 Å². The Morgan fingerprint density at radius 2 is 2.33 bits per heavy atom. The second kappa shape index (κ2) is 6.14. The Kier molecular flexibility index (Phi) is 4.53. The van der Waals surface area contributed by atoms with E-state index in [4.69, 9.17) is 18.0 Å². The first-order chi connectivity index (χ1) is 8.72. The van der Waals surface area contributed by atoms with Gasteiger partial charge in [-0.05, 0) is 31.2 Å². The molecule has 0 spiro atoms. The molecule has 0 aromatic carbocycles. The van der Waals surface area contributed by atoms with Crippen molar-refractivity contribution in [2.75, 3.05) is 18.0 Å². The lowest BCUT2D eigenvalue weighted by Gasteiger charge is -2.24. The summed E-state index contributed by atoms with van der Waals surface area (Å²) in [5.74, 6) is 0.861. The number of thiocarbonyl (C=S) groups is 1. The summed E-state index contributed by atoms with van der Waals surface area (Å²) in [4.78, 5) is 7.06. The van der Waals surface area contributed by atoms with Crippen molar-refractivity contribution in [1.29, 1.82) is 0 Å². The summed E-state index contributed by atoms with van der Waals surface area (Å²) in [7, 11) is 0. The van der Waals surface area contributed by atoms with E-state index in [2.05, 4.69) is 16.8 Å². The highest BCUT2D eigenvalue weighted by Crippen LogP contribution is 2.26. The van der Waals surface area contributed by atoms with Crippen molar-refractivity contribution in [1.82, 2.24) is 4.98 Å². The Morgan fingerprint density at radius 1 is 1.50 bits per heavy atom. The summed E-state index contributed by atoms with van der Waals surface area (Å²) in [6, 6.07) is 1.92. The van der Waals surface area contributed by atoms with Crippen LogP contribution in [0.2, 0.25) is 0 Å². The van der Waals surface area contributed by atoms with E-state index >= 15 is 0 Å². The standard InChI is InChI=1S/C14H21N3S/c1-2-11-4-3-8-17(9-6-11)13-10-16-7-5-12(13)14(15)18/h5,7,10-11H,2-4,6,8-9H2,1H3,(H2,15,18). The third-order valence-corrected chi connectivity index (χ3v) is 4.05. The SMILES string of the molecule is CCC1CCCN(c2cnccc2C(N)=S)CC1. The minimum atomic E-state index is 0.462. The van der Waals surface area contributed by atoms with Gasteiger partial charge in [-0.3, -0.25) is 4.98 Å². The molecule has 1 atom stereocenters. The average molecular weight is 263 g/mol. The van der Waals surface area contributed by atoms with E-state index < -0.39 is 0 Å². The number of rotatable bonds is 3. The molecular formula is C14H21N3S. The number of anilines is 1. The maximum absolute atomic E-state index is 5.79. The fourth-order valence-electron chi connectivity index (χ4n) is 2.66. The minimum absolute atomic E-state index is 0.462. The second-order valence-electron chi connectivity index (χ2n) is 4.95. The molecule has 98 valence electrons. The van der Waals surface area contributed by atoms with E-state index in [1.807, 2.05) is 12.3 Å². The minimum Gasteiger partial charge on any atom is -0.389 e. The zero-order chi connectivity index (χ0) is 13.0. The van der Waals surface area contributed by atoms with Crippen molar-refractivity contribution in [2.24, 2.45) is 11.7 Å². The molecule has 18 heavy (non-hydrogen) atoms. The highest BCUT2D eigenvalue weighted by atomic mass is 32.1. The van der Waals surface area contributed by atoms with Crippen LogP contribution in [-0.2, 0) is 0 Å². The third-order valence-electron chi connectivity index (χ3n) is 3.83. The molecule has 1 aliphatic rings. The molecule has 1 unspecified atom stereocenters. The van der Waals surface area contributed by atoms with Crippen molar-refractivity contribution < 1.29 is 0 Å². The van der Waals surface area contributed by atoms with E-state index in [1.165, 1.54) is 25.7 Å². The molecule has 1 aromatic heterocycles. The topological polar surface area (TPSA) is 42.2 Å². The van der Waals surface area contributed by atoms with Gasteiger partial charge < -0.3 is 10.6 Å². The quantitative estimate of drug-likeness (QED) is 0.852. The van der Waals surface area contributed by atoms with Crippen molar-refractivity contribution in [3.8, 4) is 0 Å². The highest BCUT2D eigenvalue weighted by molar-refractivity contribution is 7.80. The van der Waals surface area contributed by atoms with Crippen LogP contribution in [0.4, 0.5) is 5.69 Å². The monoisotopic (exact) mass is 263 g/mol. The van der Waals surface area contributed by atoms with Crippen molar-refractivity contribution in [2.45, 2.75) is 32.6 Å². The zero-order valence-corrected chi connectivity index (χ0v) is 11.7. The zero-order valence-electron chi connectivity index (χ0n) is 10.9. The first kappa shape index (κ1) is 13.3. The normalized spacial score (nSPS) is 20.5. The van der Waals surface area contributed by atoms with Crippen LogP contribution in [0.1, 0.15) is 38.2 Å². The lowest BCUT2D eigenvalue weighted by atomic mass is 9.98. The van der Waals surface area contributed by atoms with Crippen molar-refractivity contribution in [3.63, 3.8) is 0 Å². The predicted molar refractivity (Wildman–Crippen MR) is 80.0 cm³/mol. The van der Waals surface area contributed by atoms with Crippen LogP contribution in [0.15, 0.2) is 18.5 Å². The fraction of sp³-hybridized carbons (Fsp3) is 0.571. The van der Waals surface area contributed by atoms with Gasteiger partial charge in [-0.15, -0.1) is 0 Å². The number of nitrogens with zero attached hydrogens (tertiary/aromatic N) is 2. The molecular weight excluding hydrogens is 242 g/mol. The maximum atomic E-state index is 5.79. The maximum Gasteiger partial charge on any atom is 0.106 e. The molecule has 1 fully saturated rings. The Morgan fingerprint density at radius 3 is 3.06 bits per heavy atom. The van der Waals surface area contributed by atoms with Crippen LogP contribution < -0.4 is 10.6 Å². The van der Waals surface area contributed by atoms with Gasteiger partial charge in [-0.1, -0.05) is 25.6 Å². The van der Waals surface area contributed by atoms with Gasteiger partial charge in [-0.2, -0.15) is 0 Å². The summed E-state index contributed by atoms with van der Waals surface area (Å²) in [6.45, 7) is 4.45. The highest BCUT2D eigenvalue weighted by Gasteiger charge is 2.18. The van der Waals surface area contributed by atoms with Crippen molar-refractivity contribution in [3.05, 3.63) is 24.0 Å². The van der Waals surface area contributed by atoms with Gasteiger partial charge in [0.05, 0.1) is 11.9 Å². The summed E-state index contributed by atoms with van der Waals surface area (Å²) >= 11 is 5.12. The van der Waals surface area contributed by atoms with Gasteiger partial charge in [0, 0.05) is 24.8 Å². The van der Waals surface area contributed by atoms with Gasteiger partial charge in [0.25, 0.3) is 0 Å². The number of hydrogen-bond donors (Lipinski definition) is 1. The van der Waals surface area contributed by atoms with Crippen LogP contribution >= 0.6 is 12.2 Å². The molecule has 2 N–H and O–H groups in total. The Bertz CT molecular complexity index is 419. The summed E-state index contributed by atoms with van der Waals surface area (Å²) in [5, 5.41) is 0. The molecule has 2 rings (SSSR count). The van der Waals surface area contributed by atoms with Crippen LogP contribution in [0, 0.1) is 5.92 Å². The molecule has 1 aromatic rings. The molecule has 4 heteroatoms. The summed E-state index contributed by atoms with van der Waals surface area (Å²) < 4.78 is 0. The smallest absolute Gasteiger partial charge is 0.106 e. The van der Waals surface area contributed by atoms with Gasteiger partial charge in [-0.25, -0.2) is 0 Å². The average Bonchev–Trinajstić information content (AvgIpc) is 2.63. The summed E-state index contributed by atoms with van der Waals surface area (Å²) in [5.41, 5.74) is 7.84. The molecule has 0 bridgehead atoms. The first-order valence-corrected chi connectivity index (χ1v) is 7.12. The molecule has 0 radical (unpaired) electrons. The van der Waals surface area contributed by atoms with E-state index in [1.54, 1.807) is 6.20 Å². The lowest BCUT2D eigenvalue weighted by Crippen LogP contribution is -2.27. The van der Waals surface area contributed by atoms with Gasteiger partial charge in [0.15, 0.2) is 0 Å². The van der Waals surface area contributed by atoms with Crippen molar-refractivity contribution >= 4 is 22.9 Å². The van der Waals surface area contributed by atoms with Crippen LogP contribution in [0.5, 0.6) is 0 Å². The second-order valence-corrected chi connectivity index (χ2v) is 5.39. The Balaban J connectivity index is 2.18. The fourth-order valence-corrected chi connectivity index (χ4v) is 2.83. The summed E-state index contributed by atoms with van der Waals surface area (Å²) in [6.07, 6.45) is 8.75. The molecule has 1 aliphatic heterocycles. The number of aromatic nitrogens is 1. The molecule has 0 amide bonds. The number of hydrogen-bond acceptors (Lipinski definition) is 3. The van der Waals surface area contributed by atoms with Gasteiger partial charge >= 0.3 is 0 Å². The number of nitrogens with two attached hydrogens (primary N) is 1. The first-order valence-electron chi connectivity index (χ1n) is 6.71. The van der Waals surface area contributed by atoms with Gasteiger partial charge in [0.1, 0.15) is 4.99 Å². The number of pyridine rings is 1. The largest absolute Gasteiger partial charge is 0.389 e. The molecule has 1 saturated heterocycles. The van der Waals surface area contributed by atoms with Crippen LogP contribution in [0.3, 0.4) is 0 Å². The third kappa shape index (κ3) is 2.99.